The van der Waals surface area contributed by atoms with Crippen molar-refractivity contribution in [2.45, 2.75) is 18.9 Å². The summed E-state index contributed by atoms with van der Waals surface area (Å²) in [6.45, 7) is 5.29. The van der Waals surface area contributed by atoms with Gasteiger partial charge in [-0.1, -0.05) is 12.2 Å². The van der Waals surface area contributed by atoms with E-state index >= 15 is 0 Å². The first-order valence-electron chi connectivity index (χ1n) is 6.80. The van der Waals surface area contributed by atoms with Crippen molar-refractivity contribution in [3.05, 3.63) is 23.9 Å². The molecule has 0 aromatic heterocycles. The molecule has 1 unspecified atom stereocenters. The van der Waals surface area contributed by atoms with Crippen molar-refractivity contribution in [1.82, 2.24) is 9.80 Å². The molecular weight excluding hydrogens is 228 g/mol. The molecule has 0 spiro atoms. The van der Waals surface area contributed by atoms with Crippen LogP contribution in [-0.2, 0) is 4.74 Å². The Morgan fingerprint density at radius 3 is 2.67 bits per heavy atom. The molecule has 0 saturated carbocycles. The van der Waals surface area contributed by atoms with Crippen LogP contribution in [0.4, 0.5) is 0 Å². The van der Waals surface area contributed by atoms with E-state index in [0.29, 0.717) is 6.61 Å². The molecule has 4 nitrogen and oxygen atoms in total. The Hall–Kier alpha value is -0.840. The van der Waals surface area contributed by atoms with E-state index in [0.717, 1.165) is 32.7 Å². The van der Waals surface area contributed by atoms with Crippen LogP contribution in [0, 0.1) is 0 Å². The van der Waals surface area contributed by atoms with Crippen molar-refractivity contribution >= 4 is 0 Å². The molecule has 0 bridgehead atoms. The number of methoxy groups -OCH3 is 1. The Morgan fingerprint density at radius 2 is 2.06 bits per heavy atom. The van der Waals surface area contributed by atoms with Gasteiger partial charge in [0.25, 0.3) is 0 Å². The predicted molar refractivity (Wildman–Crippen MR) is 72.4 cm³/mol. The fraction of sp³-hybridized carbons (Fsp3) is 0.714. The highest BCUT2D eigenvalue weighted by molar-refractivity contribution is 5.21. The number of aliphatic hydroxyl groups excluding tert-OH is 1. The third-order valence-electron chi connectivity index (χ3n) is 3.54. The molecule has 102 valence electrons. The van der Waals surface area contributed by atoms with Gasteiger partial charge in [0.15, 0.2) is 0 Å². The summed E-state index contributed by atoms with van der Waals surface area (Å²) in [5.41, 5.74) is 1.37. The maximum Gasteiger partial charge on any atom is 0.0900 e. The molecule has 1 aliphatic heterocycles. The second kappa shape index (κ2) is 6.92. The van der Waals surface area contributed by atoms with E-state index in [4.69, 9.17) is 4.74 Å². The van der Waals surface area contributed by atoms with Gasteiger partial charge in [0.2, 0.25) is 0 Å². The van der Waals surface area contributed by atoms with Gasteiger partial charge in [-0.2, -0.15) is 0 Å². The standard InChI is InChI=1S/C14H24N2O2/c1-18-12-14(17)11-15-7-9-16(10-8-15)13-5-3-2-4-6-13/h3,5-6,14,17H,2,4,7-12H2,1H3. The largest absolute Gasteiger partial charge is 0.389 e. The van der Waals surface area contributed by atoms with Crippen molar-refractivity contribution in [1.29, 1.82) is 0 Å². The third kappa shape index (κ3) is 3.83. The van der Waals surface area contributed by atoms with Crippen molar-refractivity contribution in [2.75, 3.05) is 46.4 Å². The molecule has 1 aliphatic carbocycles. The first kappa shape index (κ1) is 13.6. The molecule has 0 radical (unpaired) electrons. The summed E-state index contributed by atoms with van der Waals surface area (Å²) in [5, 5.41) is 9.71. The Morgan fingerprint density at radius 1 is 1.28 bits per heavy atom. The molecule has 0 aromatic rings. The van der Waals surface area contributed by atoms with E-state index in [1.807, 2.05) is 0 Å². The number of allylic oxidation sites excluding steroid dienone is 3. The van der Waals surface area contributed by atoms with E-state index < -0.39 is 0 Å². The lowest BCUT2D eigenvalue weighted by atomic mass is 10.1. The Balaban J connectivity index is 1.74. The molecule has 4 heteroatoms. The minimum absolute atomic E-state index is 0.365. The minimum Gasteiger partial charge on any atom is -0.389 e. The summed E-state index contributed by atoms with van der Waals surface area (Å²) in [4.78, 5) is 4.75. The molecular formula is C14H24N2O2. The molecule has 1 fully saturated rings. The Kier molecular flexibility index (Phi) is 5.23. The number of β-amino-alcohol motifs (C(OH)–C–C–N with tert-alkyl or cyclic N) is 1. The maximum absolute atomic E-state index is 9.71. The van der Waals surface area contributed by atoms with Crippen LogP contribution in [0.1, 0.15) is 12.8 Å². The molecule has 2 rings (SSSR count). The molecule has 1 atom stereocenters. The number of ether oxygens (including phenoxy) is 1. The summed E-state index contributed by atoms with van der Waals surface area (Å²) in [7, 11) is 1.63. The van der Waals surface area contributed by atoms with Crippen molar-refractivity contribution in [3.63, 3.8) is 0 Å². The van der Waals surface area contributed by atoms with Crippen LogP contribution in [0.2, 0.25) is 0 Å². The topological polar surface area (TPSA) is 35.9 Å². The number of nitrogens with zero attached hydrogens (tertiary/aromatic N) is 2. The van der Waals surface area contributed by atoms with E-state index in [1.54, 1.807) is 7.11 Å². The van der Waals surface area contributed by atoms with E-state index in [9.17, 15) is 5.11 Å². The fourth-order valence-electron chi connectivity index (χ4n) is 2.57. The molecule has 0 amide bonds. The van der Waals surface area contributed by atoms with Crippen LogP contribution in [0.3, 0.4) is 0 Å². The molecule has 1 heterocycles. The lowest BCUT2D eigenvalue weighted by molar-refractivity contribution is 0.0275. The zero-order valence-electron chi connectivity index (χ0n) is 11.2. The lowest BCUT2D eigenvalue weighted by Gasteiger charge is -2.37. The van der Waals surface area contributed by atoms with Crippen LogP contribution in [0.25, 0.3) is 0 Å². The number of hydrogen-bond acceptors (Lipinski definition) is 4. The lowest BCUT2D eigenvalue weighted by Crippen LogP contribution is -2.48. The molecule has 1 N–H and O–H groups in total. The van der Waals surface area contributed by atoms with Gasteiger partial charge < -0.3 is 14.7 Å². The monoisotopic (exact) mass is 252 g/mol. The van der Waals surface area contributed by atoms with E-state index in [-0.39, 0.29) is 6.10 Å². The first-order valence-corrected chi connectivity index (χ1v) is 6.80. The van der Waals surface area contributed by atoms with Crippen molar-refractivity contribution in [3.8, 4) is 0 Å². The number of rotatable bonds is 5. The average Bonchev–Trinajstić information content (AvgIpc) is 2.41. The van der Waals surface area contributed by atoms with Gasteiger partial charge in [-0.25, -0.2) is 0 Å². The predicted octanol–water partition coefficient (Wildman–Crippen LogP) is 0.845. The van der Waals surface area contributed by atoms with Gasteiger partial charge in [-0.15, -0.1) is 0 Å². The zero-order chi connectivity index (χ0) is 12.8. The maximum atomic E-state index is 9.71. The molecule has 1 saturated heterocycles. The molecule has 18 heavy (non-hydrogen) atoms. The minimum atomic E-state index is -0.365. The summed E-state index contributed by atoms with van der Waals surface area (Å²) >= 11 is 0. The number of hydrogen-bond donors (Lipinski definition) is 1. The van der Waals surface area contributed by atoms with E-state index in [1.165, 1.54) is 18.5 Å². The average molecular weight is 252 g/mol. The van der Waals surface area contributed by atoms with Crippen LogP contribution >= 0.6 is 0 Å². The Bertz CT molecular complexity index is 307. The number of aliphatic hydroxyl groups is 1. The zero-order valence-corrected chi connectivity index (χ0v) is 11.2. The first-order chi connectivity index (χ1) is 8.79. The highest BCUT2D eigenvalue weighted by Gasteiger charge is 2.20. The van der Waals surface area contributed by atoms with Gasteiger partial charge in [-0.3, -0.25) is 4.90 Å². The third-order valence-corrected chi connectivity index (χ3v) is 3.54. The van der Waals surface area contributed by atoms with Crippen LogP contribution in [-0.4, -0.2) is 67.5 Å². The van der Waals surface area contributed by atoms with Gasteiger partial charge in [-0.05, 0) is 18.9 Å². The van der Waals surface area contributed by atoms with Crippen LogP contribution in [0.15, 0.2) is 23.9 Å². The SMILES string of the molecule is COCC(O)CN1CCN(C2=CCCC=C2)CC1. The van der Waals surface area contributed by atoms with E-state index in [2.05, 4.69) is 28.0 Å². The smallest absolute Gasteiger partial charge is 0.0900 e. The highest BCUT2D eigenvalue weighted by Crippen LogP contribution is 2.16. The quantitative estimate of drug-likeness (QED) is 0.787. The second-order valence-electron chi connectivity index (χ2n) is 5.01. The van der Waals surface area contributed by atoms with Crippen LogP contribution in [0.5, 0.6) is 0 Å². The van der Waals surface area contributed by atoms with Crippen molar-refractivity contribution < 1.29 is 9.84 Å². The van der Waals surface area contributed by atoms with Gasteiger partial charge >= 0.3 is 0 Å². The normalized spacial score (nSPS) is 23.0. The highest BCUT2D eigenvalue weighted by atomic mass is 16.5. The number of piperazine rings is 1. The Labute approximate surface area is 110 Å². The summed E-state index contributed by atoms with van der Waals surface area (Å²) < 4.78 is 4.96. The van der Waals surface area contributed by atoms with Gasteiger partial charge in [0.05, 0.1) is 12.7 Å². The second-order valence-corrected chi connectivity index (χ2v) is 5.01. The molecule has 0 aromatic carbocycles. The molecule has 2 aliphatic rings. The van der Waals surface area contributed by atoms with Gasteiger partial charge in [0.1, 0.15) is 0 Å². The summed E-state index contributed by atoms with van der Waals surface area (Å²) in [5.74, 6) is 0. The van der Waals surface area contributed by atoms with Gasteiger partial charge in [0, 0.05) is 45.5 Å². The summed E-state index contributed by atoms with van der Waals surface area (Å²) in [6, 6.07) is 0. The fourth-order valence-corrected chi connectivity index (χ4v) is 2.57. The van der Waals surface area contributed by atoms with Crippen molar-refractivity contribution in [2.24, 2.45) is 0 Å². The van der Waals surface area contributed by atoms with Crippen LogP contribution < -0.4 is 0 Å². The summed E-state index contributed by atoms with van der Waals surface area (Å²) in [6.07, 6.45) is 8.79.